The third kappa shape index (κ3) is 2.65. The Kier molecular flexibility index (Phi) is 3.81. The number of rotatable bonds is 2. The Morgan fingerprint density at radius 1 is 1.05 bits per heavy atom. The summed E-state index contributed by atoms with van der Waals surface area (Å²) < 4.78 is 1.89. The number of hydrogen-bond acceptors (Lipinski definition) is 1. The molecule has 1 aliphatic rings. The number of benzene rings is 1. The Morgan fingerprint density at radius 3 is 2.68 bits per heavy atom. The van der Waals surface area contributed by atoms with Crippen LogP contribution in [0.1, 0.15) is 36.1 Å². The normalized spacial score (nSPS) is 15.1. The van der Waals surface area contributed by atoms with Crippen molar-refractivity contribution in [1.29, 1.82) is 0 Å². The lowest BCUT2D eigenvalue weighted by molar-refractivity contribution is 0.647. The van der Waals surface area contributed by atoms with Crippen LogP contribution in [0.3, 0.4) is 0 Å². The van der Waals surface area contributed by atoms with E-state index >= 15 is 0 Å². The summed E-state index contributed by atoms with van der Waals surface area (Å²) in [4.78, 5) is 0. The molecule has 3 rings (SSSR count). The van der Waals surface area contributed by atoms with Crippen LogP contribution in [0.4, 0.5) is 0 Å². The van der Waals surface area contributed by atoms with E-state index in [9.17, 15) is 0 Å². The lowest BCUT2D eigenvalue weighted by Gasteiger charge is -2.06. The zero-order valence-electron chi connectivity index (χ0n) is 10.7. The Bertz CT molecular complexity index is 590. The van der Waals surface area contributed by atoms with E-state index in [1.165, 1.54) is 30.5 Å². The zero-order chi connectivity index (χ0) is 13.2. The molecule has 4 heteroatoms. The summed E-state index contributed by atoms with van der Waals surface area (Å²) in [5.74, 6) is 0. The SMILES string of the molecule is Clc1ccccc1Cn1nc2c(c1Cl)CCCCC2. The van der Waals surface area contributed by atoms with Gasteiger partial charge >= 0.3 is 0 Å². The van der Waals surface area contributed by atoms with Crippen LogP contribution >= 0.6 is 23.2 Å². The molecular weight excluding hydrogens is 279 g/mol. The number of fused-ring (bicyclic) bond motifs is 1. The highest BCUT2D eigenvalue weighted by Gasteiger charge is 2.18. The first-order valence-corrected chi connectivity index (χ1v) is 7.49. The van der Waals surface area contributed by atoms with Crippen molar-refractivity contribution < 1.29 is 0 Å². The van der Waals surface area contributed by atoms with E-state index in [-0.39, 0.29) is 0 Å². The maximum Gasteiger partial charge on any atom is 0.130 e. The molecule has 0 aliphatic heterocycles. The first-order chi connectivity index (χ1) is 9.25. The van der Waals surface area contributed by atoms with Gasteiger partial charge in [-0.1, -0.05) is 47.8 Å². The van der Waals surface area contributed by atoms with Crippen molar-refractivity contribution in [3.05, 3.63) is 51.3 Å². The van der Waals surface area contributed by atoms with Gasteiger partial charge in [0.25, 0.3) is 0 Å². The largest absolute Gasteiger partial charge is 0.249 e. The summed E-state index contributed by atoms with van der Waals surface area (Å²) in [5.41, 5.74) is 3.48. The maximum absolute atomic E-state index is 6.47. The lowest BCUT2D eigenvalue weighted by atomic mass is 10.1. The standard InChI is InChI=1S/C15H16Cl2N2/c16-13-8-5-4-6-11(13)10-19-15(17)12-7-2-1-3-9-14(12)18-19/h4-6,8H,1-3,7,9-10H2. The molecular formula is C15H16Cl2N2. The number of aryl methyl sites for hydroxylation is 1. The molecule has 2 nitrogen and oxygen atoms in total. The van der Waals surface area contributed by atoms with E-state index in [2.05, 4.69) is 5.10 Å². The van der Waals surface area contributed by atoms with E-state index in [0.717, 1.165) is 28.6 Å². The molecule has 0 radical (unpaired) electrons. The smallest absolute Gasteiger partial charge is 0.130 e. The summed E-state index contributed by atoms with van der Waals surface area (Å²) in [7, 11) is 0. The van der Waals surface area contributed by atoms with Crippen LogP contribution in [0.15, 0.2) is 24.3 Å². The van der Waals surface area contributed by atoms with Crippen LogP contribution in [-0.4, -0.2) is 9.78 Å². The van der Waals surface area contributed by atoms with Crippen molar-refractivity contribution in [1.82, 2.24) is 9.78 Å². The van der Waals surface area contributed by atoms with Crippen molar-refractivity contribution in [2.45, 2.75) is 38.6 Å². The summed E-state index contributed by atoms with van der Waals surface area (Å²) in [5, 5.41) is 6.23. The Balaban J connectivity index is 1.92. The van der Waals surface area contributed by atoms with Crippen molar-refractivity contribution in [2.24, 2.45) is 0 Å². The third-order valence-electron chi connectivity index (χ3n) is 3.68. The molecule has 1 aromatic carbocycles. The number of hydrogen-bond donors (Lipinski definition) is 0. The van der Waals surface area contributed by atoms with Gasteiger partial charge in [-0.15, -0.1) is 0 Å². The second-order valence-corrected chi connectivity index (χ2v) is 5.79. The topological polar surface area (TPSA) is 17.8 Å². The molecule has 100 valence electrons. The average Bonchev–Trinajstić information content (AvgIpc) is 2.60. The molecule has 0 fully saturated rings. The minimum Gasteiger partial charge on any atom is -0.249 e. The fraction of sp³-hybridized carbons (Fsp3) is 0.400. The molecule has 0 atom stereocenters. The van der Waals surface area contributed by atoms with Gasteiger partial charge in [0.15, 0.2) is 0 Å². The second-order valence-electron chi connectivity index (χ2n) is 5.03. The van der Waals surface area contributed by atoms with Crippen LogP contribution in [-0.2, 0) is 19.4 Å². The predicted molar refractivity (Wildman–Crippen MR) is 79.1 cm³/mol. The zero-order valence-corrected chi connectivity index (χ0v) is 12.2. The van der Waals surface area contributed by atoms with Gasteiger partial charge in [-0.3, -0.25) is 0 Å². The molecule has 0 unspecified atom stereocenters. The van der Waals surface area contributed by atoms with E-state index < -0.39 is 0 Å². The molecule has 2 aromatic rings. The van der Waals surface area contributed by atoms with Crippen molar-refractivity contribution >= 4 is 23.2 Å². The molecule has 0 N–H and O–H groups in total. The fourth-order valence-corrected chi connectivity index (χ4v) is 3.13. The molecule has 1 heterocycles. The van der Waals surface area contributed by atoms with Crippen molar-refractivity contribution in [2.75, 3.05) is 0 Å². The number of nitrogens with zero attached hydrogens (tertiary/aromatic N) is 2. The van der Waals surface area contributed by atoms with Gasteiger partial charge in [0, 0.05) is 10.6 Å². The molecule has 0 amide bonds. The van der Waals surface area contributed by atoms with Crippen molar-refractivity contribution in [3.63, 3.8) is 0 Å². The van der Waals surface area contributed by atoms with Crippen LogP contribution in [0.5, 0.6) is 0 Å². The fourth-order valence-electron chi connectivity index (χ4n) is 2.64. The molecule has 0 bridgehead atoms. The Labute approximate surface area is 123 Å². The monoisotopic (exact) mass is 294 g/mol. The highest BCUT2D eigenvalue weighted by atomic mass is 35.5. The number of halogens is 2. The van der Waals surface area contributed by atoms with Gasteiger partial charge in [-0.05, 0) is 37.3 Å². The third-order valence-corrected chi connectivity index (χ3v) is 4.48. The van der Waals surface area contributed by atoms with Crippen molar-refractivity contribution in [3.8, 4) is 0 Å². The van der Waals surface area contributed by atoms with E-state index in [0.29, 0.717) is 6.54 Å². The van der Waals surface area contributed by atoms with Gasteiger partial charge in [0.1, 0.15) is 5.15 Å². The summed E-state index contributed by atoms with van der Waals surface area (Å²) >= 11 is 12.7. The highest BCUT2D eigenvalue weighted by Crippen LogP contribution is 2.28. The first-order valence-electron chi connectivity index (χ1n) is 6.73. The Morgan fingerprint density at radius 2 is 1.84 bits per heavy atom. The minimum atomic E-state index is 0.644. The summed E-state index contributed by atoms with van der Waals surface area (Å²) in [6.45, 7) is 0.644. The molecule has 0 spiro atoms. The average molecular weight is 295 g/mol. The molecule has 19 heavy (non-hydrogen) atoms. The molecule has 1 aliphatic carbocycles. The first kappa shape index (κ1) is 13.0. The quantitative estimate of drug-likeness (QED) is 0.745. The lowest BCUT2D eigenvalue weighted by Crippen LogP contribution is -2.03. The van der Waals surface area contributed by atoms with E-state index in [1.54, 1.807) is 0 Å². The van der Waals surface area contributed by atoms with Crippen LogP contribution in [0, 0.1) is 0 Å². The van der Waals surface area contributed by atoms with Crippen LogP contribution in [0.25, 0.3) is 0 Å². The van der Waals surface area contributed by atoms with Gasteiger partial charge in [0.05, 0.1) is 12.2 Å². The van der Waals surface area contributed by atoms with Gasteiger partial charge in [-0.2, -0.15) is 5.10 Å². The summed E-state index contributed by atoms with van der Waals surface area (Å²) in [6, 6.07) is 7.85. The second kappa shape index (κ2) is 5.56. The van der Waals surface area contributed by atoms with Crippen LogP contribution < -0.4 is 0 Å². The predicted octanol–water partition coefficient (Wildman–Crippen LogP) is 4.51. The number of aromatic nitrogens is 2. The van der Waals surface area contributed by atoms with E-state index in [1.807, 2.05) is 28.9 Å². The van der Waals surface area contributed by atoms with Crippen LogP contribution in [0.2, 0.25) is 10.2 Å². The minimum absolute atomic E-state index is 0.644. The maximum atomic E-state index is 6.47. The molecule has 0 saturated heterocycles. The molecule has 0 saturated carbocycles. The van der Waals surface area contributed by atoms with Gasteiger partial charge in [0.2, 0.25) is 0 Å². The van der Waals surface area contributed by atoms with E-state index in [4.69, 9.17) is 23.2 Å². The highest BCUT2D eigenvalue weighted by molar-refractivity contribution is 6.31. The summed E-state index contributed by atoms with van der Waals surface area (Å²) in [6.07, 6.45) is 5.80. The van der Waals surface area contributed by atoms with Gasteiger partial charge < -0.3 is 0 Å². The Hall–Kier alpha value is -0.990. The molecule has 1 aromatic heterocycles. The van der Waals surface area contributed by atoms with Gasteiger partial charge in [-0.25, -0.2) is 4.68 Å².